The van der Waals surface area contributed by atoms with Gasteiger partial charge < -0.3 is 20.1 Å². The van der Waals surface area contributed by atoms with Crippen LogP contribution >= 0.6 is 35.3 Å². The number of nitrogens with zero attached hydrogens (tertiary/aromatic N) is 2. The van der Waals surface area contributed by atoms with Gasteiger partial charge in [-0.2, -0.15) is 0 Å². The summed E-state index contributed by atoms with van der Waals surface area (Å²) in [7, 11) is 0. The lowest BCUT2D eigenvalue weighted by Crippen LogP contribution is -2.30. The van der Waals surface area contributed by atoms with Gasteiger partial charge in [-0.05, 0) is 32.4 Å². The summed E-state index contributed by atoms with van der Waals surface area (Å²) in [6.07, 6.45) is 2.84. The molecule has 0 atom stereocenters. The van der Waals surface area contributed by atoms with Gasteiger partial charge in [0, 0.05) is 48.8 Å². The Morgan fingerprint density at radius 1 is 1.26 bits per heavy atom. The fraction of sp³-hybridized carbons (Fsp3) is 0.474. The standard InChI is InChI=1S/C19H26N4O2S.HI/c1-3-20-19(21-9-4-6-18-22-14(2)13-26-18)23-15-7-8-16-17(12-15)25-11-5-10-24-16;/h7-8,12-13H,3-6,9-11H2,1-2H3,(H2,20,21,23);1H. The molecule has 0 saturated heterocycles. The van der Waals surface area contributed by atoms with Gasteiger partial charge in [0.15, 0.2) is 17.5 Å². The SMILES string of the molecule is CCNC(=NCCCc1nc(C)cs1)Nc1ccc2c(c1)OCCCO2.I. The number of halogens is 1. The van der Waals surface area contributed by atoms with Gasteiger partial charge >= 0.3 is 0 Å². The zero-order chi connectivity index (χ0) is 18.2. The molecule has 0 aliphatic carbocycles. The number of thiazole rings is 1. The fourth-order valence-corrected chi connectivity index (χ4v) is 3.44. The van der Waals surface area contributed by atoms with E-state index in [1.54, 1.807) is 11.3 Å². The van der Waals surface area contributed by atoms with Crippen LogP contribution in [-0.2, 0) is 6.42 Å². The maximum atomic E-state index is 5.75. The molecule has 1 aromatic carbocycles. The van der Waals surface area contributed by atoms with E-state index in [1.807, 2.05) is 25.1 Å². The highest BCUT2D eigenvalue weighted by Gasteiger charge is 2.11. The van der Waals surface area contributed by atoms with Crippen molar-refractivity contribution >= 4 is 47.0 Å². The Bertz CT molecular complexity index is 751. The van der Waals surface area contributed by atoms with E-state index in [9.17, 15) is 0 Å². The maximum absolute atomic E-state index is 5.75. The van der Waals surface area contributed by atoms with Crippen molar-refractivity contribution in [1.82, 2.24) is 10.3 Å². The molecule has 0 unspecified atom stereocenters. The van der Waals surface area contributed by atoms with Crippen LogP contribution in [0.15, 0.2) is 28.6 Å². The zero-order valence-corrected chi connectivity index (χ0v) is 18.9. The number of hydrogen-bond donors (Lipinski definition) is 2. The van der Waals surface area contributed by atoms with Crippen LogP contribution in [0.3, 0.4) is 0 Å². The zero-order valence-electron chi connectivity index (χ0n) is 15.8. The van der Waals surface area contributed by atoms with Gasteiger partial charge in [0.05, 0.1) is 18.2 Å². The number of aliphatic imine (C=N–C) groups is 1. The number of nitrogens with one attached hydrogen (secondary N) is 2. The minimum atomic E-state index is 0. The number of benzene rings is 1. The first kappa shape index (κ1) is 21.7. The summed E-state index contributed by atoms with van der Waals surface area (Å²) in [5, 5.41) is 9.89. The average Bonchev–Trinajstić information content (AvgIpc) is 2.90. The third kappa shape index (κ3) is 6.84. The second-order valence-electron chi connectivity index (χ2n) is 6.08. The molecule has 0 amide bonds. The normalized spacial score (nSPS) is 13.5. The van der Waals surface area contributed by atoms with Crippen LogP contribution in [0.4, 0.5) is 5.69 Å². The number of guanidine groups is 1. The molecule has 148 valence electrons. The topological polar surface area (TPSA) is 67.8 Å². The first-order valence-corrected chi connectivity index (χ1v) is 9.98. The Morgan fingerprint density at radius 2 is 2.07 bits per heavy atom. The van der Waals surface area contributed by atoms with E-state index in [0.717, 1.165) is 61.2 Å². The van der Waals surface area contributed by atoms with Gasteiger partial charge in [-0.3, -0.25) is 4.99 Å². The number of aromatic nitrogens is 1. The smallest absolute Gasteiger partial charge is 0.195 e. The van der Waals surface area contributed by atoms with E-state index >= 15 is 0 Å². The van der Waals surface area contributed by atoms with Crippen molar-refractivity contribution in [2.75, 3.05) is 31.6 Å². The summed E-state index contributed by atoms with van der Waals surface area (Å²) in [6.45, 7) is 7.02. The third-order valence-corrected chi connectivity index (χ3v) is 4.87. The number of rotatable bonds is 6. The molecule has 3 rings (SSSR count). The molecular formula is C19H27IN4O2S. The predicted octanol–water partition coefficient (Wildman–Crippen LogP) is 4.24. The van der Waals surface area contributed by atoms with Crippen molar-refractivity contribution < 1.29 is 9.47 Å². The van der Waals surface area contributed by atoms with Crippen LogP contribution in [0.2, 0.25) is 0 Å². The molecule has 0 fully saturated rings. The lowest BCUT2D eigenvalue weighted by Gasteiger charge is -2.13. The van der Waals surface area contributed by atoms with Crippen LogP contribution < -0.4 is 20.1 Å². The van der Waals surface area contributed by atoms with Crippen molar-refractivity contribution in [2.45, 2.75) is 33.1 Å². The molecule has 0 bridgehead atoms. The van der Waals surface area contributed by atoms with E-state index in [2.05, 4.69) is 32.9 Å². The molecule has 2 heterocycles. The van der Waals surface area contributed by atoms with Crippen molar-refractivity contribution in [2.24, 2.45) is 4.99 Å². The molecule has 0 spiro atoms. The van der Waals surface area contributed by atoms with Crippen molar-refractivity contribution in [3.8, 4) is 11.5 Å². The van der Waals surface area contributed by atoms with Gasteiger partial charge in [0.1, 0.15) is 0 Å². The molecule has 1 aliphatic rings. The third-order valence-electron chi connectivity index (χ3n) is 3.84. The Balaban J connectivity index is 0.00000261. The van der Waals surface area contributed by atoms with Crippen LogP contribution in [0.25, 0.3) is 0 Å². The van der Waals surface area contributed by atoms with Crippen LogP contribution in [0.1, 0.15) is 30.5 Å². The van der Waals surface area contributed by atoms with Crippen molar-refractivity contribution in [3.05, 3.63) is 34.3 Å². The predicted molar refractivity (Wildman–Crippen MR) is 122 cm³/mol. The van der Waals surface area contributed by atoms with E-state index in [0.29, 0.717) is 13.2 Å². The summed E-state index contributed by atoms with van der Waals surface area (Å²) >= 11 is 1.72. The Labute approximate surface area is 181 Å². The number of hydrogen-bond acceptors (Lipinski definition) is 5. The Morgan fingerprint density at radius 3 is 2.81 bits per heavy atom. The fourth-order valence-electron chi connectivity index (χ4n) is 2.62. The van der Waals surface area contributed by atoms with Gasteiger partial charge in [-0.1, -0.05) is 0 Å². The molecule has 8 heteroatoms. The molecule has 0 radical (unpaired) electrons. The second kappa shape index (κ2) is 11.3. The molecule has 2 N–H and O–H groups in total. The largest absolute Gasteiger partial charge is 0.490 e. The number of anilines is 1. The summed E-state index contributed by atoms with van der Waals surface area (Å²) in [6, 6.07) is 5.89. The molecule has 0 saturated carbocycles. The molecular weight excluding hydrogens is 475 g/mol. The van der Waals surface area contributed by atoms with Gasteiger partial charge in [0.25, 0.3) is 0 Å². The first-order valence-electron chi connectivity index (χ1n) is 9.10. The quantitative estimate of drug-likeness (QED) is 0.268. The maximum Gasteiger partial charge on any atom is 0.195 e. The average molecular weight is 502 g/mol. The lowest BCUT2D eigenvalue weighted by molar-refractivity contribution is 0.297. The monoisotopic (exact) mass is 502 g/mol. The second-order valence-corrected chi connectivity index (χ2v) is 7.03. The van der Waals surface area contributed by atoms with Crippen molar-refractivity contribution in [1.29, 1.82) is 0 Å². The molecule has 1 aromatic heterocycles. The van der Waals surface area contributed by atoms with Crippen LogP contribution in [0.5, 0.6) is 11.5 Å². The van der Waals surface area contributed by atoms with E-state index in [1.165, 1.54) is 5.01 Å². The Kier molecular flexibility index (Phi) is 9.12. The van der Waals surface area contributed by atoms with Gasteiger partial charge in [-0.25, -0.2) is 4.98 Å². The van der Waals surface area contributed by atoms with E-state index < -0.39 is 0 Å². The first-order chi connectivity index (χ1) is 12.7. The van der Waals surface area contributed by atoms with E-state index in [4.69, 9.17) is 9.47 Å². The number of ether oxygens (including phenoxy) is 2. The number of aryl methyl sites for hydroxylation is 2. The highest BCUT2D eigenvalue weighted by Crippen LogP contribution is 2.32. The highest BCUT2D eigenvalue weighted by atomic mass is 127. The molecule has 1 aliphatic heterocycles. The summed E-state index contributed by atoms with van der Waals surface area (Å²) < 4.78 is 11.4. The molecule has 27 heavy (non-hydrogen) atoms. The summed E-state index contributed by atoms with van der Waals surface area (Å²) in [5.74, 6) is 2.36. The Hall–Kier alpha value is -1.55. The summed E-state index contributed by atoms with van der Waals surface area (Å²) in [4.78, 5) is 9.15. The van der Waals surface area contributed by atoms with Crippen LogP contribution in [0, 0.1) is 6.92 Å². The summed E-state index contributed by atoms with van der Waals surface area (Å²) in [5.41, 5.74) is 2.03. The van der Waals surface area contributed by atoms with Gasteiger partial charge in [-0.15, -0.1) is 35.3 Å². The van der Waals surface area contributed by atoms with E-state index in [-0.39, 0.29) is 24.0 Å². The van der Waals surface area contributed by atoms with Crippen LogP contribution in [-0.4, -0.2) is 37.2 Å². The van der Waals surface area contributed by atoms with Gasteiger partial charge in [0.2, 0.25) is 0 Å². The molecule has 2 aromatic rings. The van der Waals surface area contributed by atoms with Crippen molar-refractivity contribution in [3.63, 3.8) is 0 Å². The lowest BCUT2D eigenvalue weighted by atomic mass is 10.2. The highest BCUT2D eigenvalue weighted by molar-refractivity contribution is 14.0. The molecule has 6 nitrogen and oxygen atoms in total. The minimum Gasteiger partial charge on any atom is -0.490 e. The number of fused-ring (bicyclic) bond motifs is 1. The minimum absolute atomic E-state index is 0.